The van der Waals surface area contributed by atoms with Gasteiger partial charge in [-0.1, -0.05) is 18.2 Å². The summed E-state index contributed by atoms with van der Waals surface area (Å²) >= 11 is 0. The molecule has 1 aliphatic rings. The van der Waals surface area contributed by atoms with Gasteiger partial charge in [0, 0.05) is 32.0 Å². The molecule has 0 N–H and O–H groups in total. The number of rotatable bonds is 7. The maximum atomic E-state index is 5.60. The zero-order chi connectivity index (χ0) is 16.8. The Morgan fingerprint density at radius 3 is 2.83 bits per heavy atom. The molecule has 0 aliphatic carbocycles. The number of methoxy groups -OCH3 is 1. The quantitative estimate of drug-likeness (QED) is 0.578. The third kappa shape index (κ3) is 4.02. The SMILES string of the molecule is C=CCOCc1cncc2c1CCN(Cc1ccc(OC)cc1)C2. The fourth-order valence-electron chi connectivity index (χ4n) is 3.13. The van der Waals surface area contributed by atoms with E-state index in [1.807, 2.05) is 24.5 Å². The molecular weight excluding hydrogens is 300 g/mol. The van der Waals surface area contributed by atoms with Crippen molar-refractivity contribution in [2.75, 3.05) is 20.3 Å². The van der Waals surface area contributed by atoms with E-state index in [4.69, 9.17) is 9.47 Å². The molecule has 2 heterocycles. The lowest BCUT2D eigenvalue weighted by atomic mass is 9.97. The van der Waals surface area contributed by atoms with E-state index in [9.17, 15) is 0 Å². The van der Waals surface area contributed by atoms with Crippen LogP contribution in [-0.2, 0) is 30.9 Å². The summed E-state index contributed by atoms with van der Waals surface area (Å²) in [4.78, 5) is 6.85. The van der Waals surface area contributed by atoms with Crippen LogP contribution in [0.2, 0.25) is 0 Å². The van der Waals surface area contributed by atoms with Gasteiger partial charge in [-0.15, -0.1) is 6.58 Å². The minimum atomic E-state index is 0.577. The van der Waals surface area contributed by atoms with E-state index >= 15 is 0 Å². The Balaban J connectivity index is 1.65. The first-order chi connectivity index (χ1) is 11.8. The predicted molar refractivity (Wildman–Crippen MR) is 94.9 cm³/mol. The third-order valence-electron chi connectivity index (χ3n) is 4.37. The molecule has 24 heavy (non-hydrogen) atoms. The molecule has 0 amide bonds. The first-order valence-corrected chi connectivity index (χ1v) is 8.28. The van der Waals surface area contributed by atoms with E-state index in [0.29, 0.717) is 13.2 Å². The second-order valence-corrected chi connectivity index (χ2v) is 6.05. The molecule has 0 spiro atoms. The highest BCUT2D eigenvalue weighted by atomic mass is 16.5. The van der Waals surface area contributed by atoms with Crippen molar-refractivity contribution < 1.29 is 9.47 Å². The van der Waals surface area contributed by atoms with E-state index in [0.717, 1.165) is 31.8 Å². The van der Waals surface area contributed by atoms with E-state index in [1.165, 1.54) is 22.3 Å². The van der Waals surface area contributed by atoms with Crippen LogP contribution >= 0.6 is 0 Å². The summed E-state index contributed by atoms with van der Waals surface area (Å²) in [6, 6.07) is 8.30. The van der Waals surface area contributed by atoms with E-state index in [2.05, 4.69) is 28.6 Å². The summed E-state index contributed by atoms with van der Waals surface area (Å²) in [6.07, 6.45) is 6.74. The molecule has 0 bridgehead atoms. The van der Waals surface area contributed by atoms with Crippen molar-refractivity contribution in [3.05, 3.63) is 71.6 Å². The molecule has 4 heteroatoms. The maximum absolute atomic E-state index is 5.60. The van der Waals surface area contributed by atoms with Gasteiger partial charge in [-0.25, -0.2) is 0 Å². The predicted octanol–water partition coefficient (Wildman–Crippen LogP) is 3.35. The number of fused-ring (bicyclic) bond motifs is 1. The Morgan fingerprint density at radius 1 is 1.25 bits per heavy atom. The second kappa shape index (κ2) is 8.08. The van der Waals surface area contributed by atoms with Gasteiger partial charge in [-0.2, -0.15) is 0 Å². The summed E-state index contributed by atoms with van der Waals surface area (Å²) in [5, 5.41) is 0. The Hall–Kier alpha value is -2.17. The lowest BCUT2D eigenvalue weighted by molar-refractivity contribution is 0.147. The van der Waals surface area contributed by atoms with Gasteiger partial charge in [0.05, 0.1) is 20.3 Å². The third-order valence-corrected chi connectivity index (χ3v) is 4.37. The minimum absolute atomic E-state index is 0.577. The van der Waals surface area contributed by atoms with Crippen molar-refractivity contribution in [3.8, 4) is 5.75 Å². The van der Waals surface area contributed by atoms with Gasteiger partial charge in [0.15, 0.2) is 0 Å². The average Bonchev–Trinajstić information content (AvgIpc) is 2.62. The highest BCUT2D eigenvalue weighted by Crippen LogP contribution is 2.24. The molecule has 1 aromatic carbocycles. The molecule has 0 fully saturated rings. The molecule has 2 aromatic rings. The van der Waals surface area contributed by atoms with Gasteiger partial charge in [0.1, 0.15) is 5.75 Å². The van der Waals surface area contributed by atoms with Crippen LogP contribution < -0.4 is 4.74 Å². The number of benzene rings is 1. The van der Waals surface area contributed by atoms with Crippen molar-refractivity contribution >= 4 is 0 Å². The Bertz CT molecular complexity index is 683. The fourth-order valence-corrected chi connectivity index (χ4v) is 3.13. The van der Waals surface area contributed by atoms with Crippen LogP contribution in [0.5, 0.6) is 5.75 Å². The van der Waals surface area contributed by atoms with E-state index in [-0.39, 0.29) is 0 Å². The van der Waals surface area contributed by atoms with E-state index < -0.39 is 0 Å². The van der Waals surface area contributed by atoms with Gasteiger partial charge < -0.3 is 9.47 Å². The zero-order valence-corrected chi connectivity index (χ0v) is 14.2. The smallest absolute Gasteiger partial charge is 0.118 e. The van der Waals surface area contributed by atoms with Crippen LogP contribution in [0, 0.1) is 0 Å². The summed E-state index contributed by atoms with van der Waals surface area (Å²) < 4.78 is 10.8. The number of ether oxygens (including phenoxy) is 2. The topological polar surface area (TPSA) is 34.6 Å². The normalized spacial score (nSPS) is 14.2. The molecule has 0 atom stereocenters. The number of pyridine rings is 1. The summed E-state index contributed by atoms with van der Waals surface area (Å²) in [6.45, 7) is 7.81. The molecule has 4 nitrogen and oxygen atoms in total. The van der Waals surface area contributed by atoms with Crippen LogP contribution in [0.3, 0.4) is 0 Å². The lowest BCUT2D eigenvalue weighted by Crippen LogP contribution is -2.31. The van der Waals surface area contributed by atoms with Gasteiger partial charge in [-0.05, 0) is 40.8 Å². The average molecular weight is 324 g/mol. The second-order valence-electron chi connectivity index (χ2n) is 6.05. The van der Waals surface area contributed by atoms with Crippen LogP contribution in [0.25, 0.3) is 0 Å². The van der Waals surface area contributed by atoms with Crippen LogP contribution in [0.1, 0.15) is 22.3 Å². The van der Waals surface area contributed by atoms with Gasteiger partial charge in [0.2, 0.25) is 0 Å². The number of hydrogen-bond donors (Lipinski definition) is 0. The van der Waals surface area contributed by atoms with Crippen molar-refractivity contribution in [1.29, 1.82) is 0 Å². The molecule has 1 aliphatic heterocycles. The molecule has 0 radical (unpaired) electrons. The first kappa shape index (κ1) is 16.7. The molecule has 126 valence electrons. The van der Waals surface area contributed by atoms with Crippen molar-refractivity contribution in [3.63, 3.8) is 0 Å². The van der Waals surface area contributed by atoms with Gasteiger partial charge >= 0.3 is 0 Å². The highest BCUT2D eigenvalue weighted by molar-refractivity contribution is 5.34. The molecule has 0 saturated heterocycles. The molecular formula is C20H24N2O2. The van der Waals surface area contributed by atoms with Crippen molar-refractivity contribution in [2.24, 2.45) is 0 Å². The van der Waals surface area contributed by atoms with E-state index in [1.54, 1.807) is 13.2 Å². The highest BCUT2D eigenvalue weighted by Gasteiger charge is 2.19. The van der Waals surface area contributed by atoms with Gasteiger partial charge in [-0.3, -0.25) is 9.88 Å². The van der Waals surface area contributed by atoms with Gasteiger partial charge in [0.25, 0.3) is 0 Å². The molecule has 1 aromatic heterocycles. The summed E-state index contributed by atoms with van der Waals surface area (Å²) in [5.74, 6) is 0.899. The Labute approximate surface area is 143 Å². The molecule has 3 rings (SSSR count). The molecule has 0 saturated carbocycles. The fraction of sp³-hybridized carbons (Fsp3) is 0.350. The van der Waals surface area contributed by atoms with Crippen molar-refractivity contribution in [1.82, 2.24) is 9.88 Å². The monoisotopic (exact) mass is 324 g/mol. The lowest BCUT2D eigenvalue weighted by Gasteiger charge is -2.29. The standard InChI is InChI=1S/C20H24N2O2/c1-3-10-24-15-18-12-21-11-17-14-22(9-8-20(17)18)13-16-4-6-19(23-2)7-5-16/h3-7,11-12H,1,8-10,13-15H2,2H3. The summed E-state index contributed by atoms with van der Waals surface area (Å²) in [5.41, 5.74) is 5.23. The van der Waals surface area contributed by atoms with Crippen LogP contribution in [0.15, 0.2) is 49.3 Å². The largest absolute Gasteiger partial charge is 0.497 e. The molecule has 0 unspecified atom stereocenters. The number of nitrogens with zero attached hydrogens (tertiary/aromatic N) is 2. The van der Waals surface area contributed by atoms with Crippen LogP contribution in [-0.4, -0.2) is 30.1 Å². The zero-order valence-electron chi connectivity index (χ0n) is 14.2. The summed E-state index contributed by atoms with van der Waals surface area (Å²) in [7, 11) is 1.69. The minimum Gasteiger partial charge on any atom is -0.497 e. The van der Waals surface area contributed by atoms with Crippen molar-refractivity contribution in [2.45, 2.75) is 26.1 Å². The number of aromatic nitrogens is 1. The van der Waals surface area contributed by atoms with Crippen LogP contribution in [0.4, 0.5) is 0 Å². The Kier molecular flexibility index (Phi) is 5.62. The maximum Gasteiger partial charge on any atom is 0.118 e. The number of hydrogen-bond acceptors (Lipinski definition) is 4. The first-order valence-electron chi connectivity index (χ1n) is 8.28. The Morgan fingerprint density at radius 2 is 2.08 bits per heavy atom.